The molecule has 0 radical (unpaired) electrons. The number of hydrogen-bond acceptors (Lipinski definition) is 5. The molecule has 3 aromatic rings. The number of benzene rings is 2. The van der Waals surface area contributed by atoms with Crippen molar-refractivity contribution >= 4 is 28.3 Å². The molecule has 0 saturated heterocycles. The van der Waals surface area contributed by atoms with Crippen molar-refractivity contribution < 1.29 is 14.1 Å². The molecule has 2 aromatic carbocycles. The molecule has 3 rings (SSSR count). The zero-order chi connectivity index (χ0) is 18.0. The summed E-state index contributed by atoms with van der Waals surface area (Å²) in [6.07, 6.45) is 1.14. The van der Waals surface area contributed by atoms with Gasteiger partial charge in [0.05, 0.1) is 15.8 Å². The Morgan fingerprint density at radius 3 is 2.76 bits per heavy atom. The molecule has 1 heterocycles. The van der Waals surface area contributed by atoms with E-state index in [0.717, 1.165) is 29.2 Å². The lowest BCUT2D eigenvalue weighted by molar-refractivity contribution is -0.387. The van der Waals surface area contributed by atoms with Crippen molar-refractivity contribution in [2.24, 2.45) is 0 Å². The fourth-order valence-electron chi connectivity index (χ4n) is 2.15. The van der Waals surface area contributed by atoms with Crippen molar-refractivity contribution in [2.45, 2.75) is 0 Å². The number of nitro benzene ring substituents is 1. The van der Waals surface area contributed by atoms with Crippen LogP contribution in [-0.4, -0.2) is 20.6 Å². The Morgan fingerprint density at radius 2 is 2.00 bits per heavy atom. The van der Waals surface area contributed by atoms with Gasteiger partial charge in [0.2, 0.25) is 5.82 Å². The van der Waals surface area contributed by atoms with Gasteiger partial charge in [-0.1, -0.05) is 12.1 Å². The van der Waals surface area contributed by atoms with E-state index in [1.807, 2.05) is 0 Å². The van der Waals surface area contributed by atoms with Gasteiger partial charge in [0.1, 0.15) is 6.33 Å². The van der Waals surface area contributed by atoms with Crippen LogP contribution >= 0.6 is 0 Å². The highest BCUT2D eigenvalue weighted by molar-refractivity contribution is 5.95. The third-order valence-corrected chi connectivity index (χ3v) is 3.29. The van der Waals surface area contributed by atoms with E-state index in [9.17, 15) is 24.1 Å². The molecule has 2 N–H and O–H groups in total. The van der Waals surface area contributed by atoms with Gasteiger partial charge in [-0.25, -0.2) is 19.9 Å². The highest BCUT2D eigenvalue weighted by Crippen LogP contribution is 2.21. The normalized spacial score (nSPS) is 10.4. The van der Waals surface area contributed by atoms with Crippen LogP contribution in [-0.2, 0) is 0 Å². The number of nitro groups is 1. The van der Waals surface area contributed by atoms with Crippen molar-refractivity contribution in [3.8, 4) is 0 Å². The molecule has 0 bridgehead atoms. The topological polar surface area (TPSA) is 119 Å². The predicted octanol–water partition coefficient (Wildman–Crippen LogP) is 2.22. The van der Waals surface area contributed by atoms with Crippen LogP contribution in [0.1, 0.15) is 0 Å². The number of halogens is 1. The molecule has 2 amide bonds. The Hall–Kier alpha value is -3.82. The van der Waals surface area contributed by atoms with Crippen LogP contribution in [0.3, 0.4) is 0 Å². The summed E-state index contributed by atoms with van der Waals surface area (Å²) in [7, 11) is 0. The minimum Gasteiger partial charge on any atom is -0.306 e. The number of amides is 2. The van der Waals surface area contributed by atoms with Crippen LogP contribution in [0.5, 0.6) is 0 Å². The number of hydrogen-bond donors (Lipinski definition) is 2. The molecule has 0 aliphatic rings. The minimum absolute atomic E-state index is 0.00704. The van der Waals surface area contributed by atoms with Gasteiger partial charge >= 0.3 is 11.7 Å². The smallest absolute Gasteiger partial charge is 0.306 e. The van der Waals surface area contributed by atoms with Crippen molar-refractivity contribution in [1.29, 1.82) is 0 Å². The average molecular weight is 343 g/mol. The van der Waals surface area contributed by atoms with Crippen LogP contribution in [0.4, 0.5) is 20.6 Å². The summed E-state index contributed by atoms with van der Waals surface area (Å²) in [6.45, 7) is 0. The second-order valence-corrected chi connectivity index (χ2v) is 4.93. The van der Waals surface area contributed by atoms with Gasteiger partial charge < -0.3 is 5.32 Å². The van der Waals surface area contributed by atoms with Gasteiger partial charge in [0, 0.05) is 11.8 Å². The number of para-hydroxylation sites is 1. The van der Waals surface area contributed by atoms with E-state index in [1.54, 1.807) is 24.3 Å². The van der Waals surface area contributed by atoms with Crippen LogP contribution in [0, 0.1) is 15.9 Å². The highest BCUT2D eigenvalue weighted by atomic mass is 19.1. The minimum atomic E-state index is -1.02. The zero-order valence-corrected chi connectivity index (χ0v) is 12.5. The van der Waals surface area contributed by atoms with Crippen molar-refractivity contribution in [1.82, 2.24) is 9.66 Å². The number of nitrogens with one attached hydrogen (secondary N) is 2. The van der Waals surface area contributed by atoms with Gasteiger partial charge in [-0.3, -0.25) is 14.9 Å². The highest BCUT2D eigenvalue weighted by Gasteiger charge is 2.15. The molecular formula is C15H10FN5O4. The van der Waals surface area contributed by atoms with Gasteiger partial charge in [0.25, 0.3) is 5.56 Å². The number of aromatic nitrogens is 2. The number of anilines is 1. The van der Waals surface area contributed by atoms with Gasteiger partial charge in [0.15, 0.2) is 0 Å². The molecule has 0 aliphatic heterocycles. The molecule has 10 heteroatoms. The van der Waals surface area contributed by atoms with Crippen molar-refractivity contribution in [3.63, 3.8) is 0 Å². The molecule has 126 valence electrons. The van der Waals surface area contributed by atoms with E-state index in [2.05, 4.69) is 15.7 Å². The van der Waals surface area contributed by atoms with Gasteiger partial charge in [-0.05, 0) is 24.3 Å². The standard InChI is InChI=1S/C15H10FN5O4/c16-11-6-5-9(7-13(11)21(24)25)18-15(23)19-20-8-17-12-4-2-1-3-10(12)14(20)22/h1-8H,(H2,18,19,23). The molecule has 0 spiro atoms. The predicted molar refractivity (Wildman–Crippen MR) is 87.4 cm³/mol. The van der Waals surface area contributed by atoms with Crippen LogP contribution in [0.25, 0.3) is 10.9 Å². The monoisotopic (exact) mass is 343 g/mol. The first-order valence-corrected chi connectivity index (χ1v) is 6.94. The summed E-state index contributed by atoms with van der Waals surface area (Å²) in [5.74, 6) is -1.02. The summed E-state index contributed by atoms with van der Waals surface area (Å²) < 4.78 is 14.2. The summed E-state index contributed by atoms with van der Waals surface area (Å²) in [5, 5.41) is 13.3. The van der Waals surface area contributed by atoms with Gasteiger partial charge in [-0.2, -0.15) is 4.39 Å². The molecule has 1 aromatic heterocycles. The molecular weight excluding hydrogens is 333 g/mol. The van der Waals surface area contributed by atoms with E-state index in [1.165, 1.54) is 0 Å². The molecule has 9 nitrogen and oxygen atoms in total. The van der Waals surface area contributed by atoms with E-state index in [0.29, 0.717) is 10.9 Å². The third-order valence-electron chi connectivity index (χ3n) is 3.29. The maximum atomic E-state index is 13.3. The Bertz CT molecular complexity index is 1050. The summed E-state index contributed by atoms with van der Waals surface area (Å²) in [4.78, 5) is 38.0. The lowest BCUT2D eigenvalue weighted by Gasteiger charge is -2.10. The van der Waals surface area contributed by atoms with Crippen molar-refractivity contribution in [2.75, 3.05) is 10.7 Å². The van der Waals surface area contributed by atoms with Crippen LogP contribution in [0.2, 0.25) is 0 Å². The summed E-state index contributed by atoms with van der Waals surface area (Å²) in [6, 6.07) is 8.63. The second kappa shape index (κ2) is 6.35. The molecule has 0 saturated carbocycles. The van der Waals surface area contributed by atoms with E-state index < -0.39 is 28.0 Å². The Morgan fingerprint density at radius 1 is 1.24 bits per heavy atom. The summed E-state index contributed by atoms with van der Waals surface area (Å²) in [5.41, 5.74) is 1.44. The summed E-state index contributed by atoms with van der Waals surface area (Å²) >= 11 is 0. The molecule has 0 fully saturated rings. The number of carbonyl (C=O) groups is 1. The molecule has 0 unspecified atom stereocenters. The average Bonchev–Trinajstić information content (AvgIpc) is 2.59. The lowest BCUT2D eigenvalue weighted by atomic mass is 10.2. The van der Waals surface area contributed by atoms with Gasteiger partial charge in [-0.15, -0.1) is 0 Å². The molecule has 0 atom stereocenters. The lowest BCUT2D eigenvalue weighted by Crippen LogP contribution is -2.35. The number of carbonyl (C=O) groups excluding carboxylic acids is 1. The largest absolute Gasteiger partial charge is 0.338 e. The Labute approximate surface area is 138 Å². The first-order valence-electron chi connectivity index (χ1n) is 6.94. The first kappa shape index (κ1) is 16.1. The maximum absolute atomic E-state index is 13.3. The number of rotatable bonds is 3. The SMILES string of the molecule is O=C(Nc1ccc(F)c([N+](=O)[O-])c1)Nn1cnc2ccccc2c1=O. The van der Waals surface area contributed by atoms with Crippen LogP contribution in [0.15, 0.2) is 53.6 Å². The Balaban J connectivity index is 1.82. The fourth-order valence-corrected chi connectivity index (χ4v) is 2.15. The number of nitrogens with zero attached hydrogens (tertiary/aromatic N) is 3. The van der Waals surface area contributed by atoms with E-state index >= 15 is 0 Å². The number of fused-ring (bicyclic) bond motifs is 1. The van der Waals surface area contributed by atoms with E-state index in [4.69, 9.17) is 0 Å². The van der Waals surface area contributed by atoms with Crippen LogP contribution < -0.4 is 16.3 Å². The first-order chi connectivity index (χ1) is 12.0. The number of urea groups is 1. The van der Waals surface area contributed by atoms with Crippen molar-refractivity contribution in [3.05, 3.63) is 75.1 Å². The molecule has 25 heavy (non-hydrogen) atoms. The Kier molecular flexibility index (Phi) is 4.08. The maximum Gasteiger partial charge on any atom is 0.338 e. The van der Waals surface area contributed by atoms with E-state index in [-0.39, 0.29) is 5.69 Å². The quantitative estimate of drug-likeness (QED) is 0.558. The fraction of sp³-hybridized carbons (Fsp3) is 0. The second-order valence-electron chi connectivity index (χ2n) is 4.93. The third kappa shape index (κ3) is 3.27. The molecule has 0 aliphatic carbocycles. The zero-order valence-electron chi connectivity index (χ0n) is 12.5.